The number of aryl methyl sites for hydroxylation is 3. The molecule has 0 atom stereocenters. The maximum atomic E-state index is 11.4. The molecule has 0 N–H and O–H groups in total. The fourth-order valence-electron chi connectivity index (χ4n) is 2.31. The largest absolute Gasteiger partial charge is 0.465 e. The lowest BCUT2D eigenvalue weighted by Crippen LogP contribution is -2.05. The van der Waals surface area contributed by atoms with E-state index in [0.29, 0.717) is 11.1 Å². The van der Waals surface area contributed by atoms with Crippen LogP contribution < -0.4 is 0 Å². The Kier molecular flexibility index (Phi) is 9.02. The molecular formula is C20H22Br2O4. The van der Waals surface area contributed by atoms with Crippen molar-refractivity contribution in [1.82, 2.24) is 0 Å². The Bertz CT molecular complexity index is 785. The Morgan fingerprint density at radius 2 is 1.27 bits per heavy atom. The van der Waals surface area contributed by atoms with Crippen molar-refractivity contribution in [3.8, 4) is 0 Å². The van der Waals surface area contributed by atoms with Crippen LogP contribution in [0.5, 0.6) is 0 Å². The van der Waals surface area contributed by atoms with Crippen LogP contribution in [0.1, 0.15) is 46.7 Å². The molecule has 0 heterocycles. The predicted octanol–water partition coefficient (Wildman–Crippen LogP) is 5.66. The number of hydrogen-bond acceptors (Lipinski definition) is 4. The average molecular weight is 486 g/mol. The summed E-state index contributed by atoms with van der Waals surface area (Å²) in [7, 11) is 2.77. The summed E-state index contributed by atoms with van der Waals surface area (Å²) >= 11 is 6.75. The second-order valence-corrected chi connectivity index (χ2v) is 8.75. The minimum Gasteiger partial charge on any atom is -0.465 e. The normalized spacial score (nSPS) is 10.0. The van der Waals surface area contributed by atoms with Gasteiger partial charge in [-0.05, 0) is 44.0 Å². The third-order valence-electron chi connectivity index (χ3n) is 3.63. The van der Waals surface area contributed by atoms with Crippen molar-refractivity contribution in [3.63, 3.8) is 0 Å². The van der Waals surface area contributed by atoms with E-state index in [1.807, 2.05) is 45.0 Å². The number of esters is 2. The highest BCUT2D eigenvalue weighted by Crippen LogP contribution is 2.32. The van der Waals surface area contributed by atoms with E-state index in [9.17, 15) is 9.59 Å². The van der Waals surface area contributed by atoms with Crippen molar-refractivity contribution in [1.29, 1.82) is 0 Å². The van der Waals surface area contributed by atoms with Crippen molar-refractivity contribution in [3.05, 3.63) is 69.8 Å². The Morgan fingerprint density at radius 3 is 1.73 bits per heavy atom. The monoisotopic (exact) mass is 484 g/mol. The number of benzene rings is 2. The molecule has 0 aliphatic rings. The van der Waals surface area contributed by atoms with Gasteiger partial charge in [0, 0.05) is 0 Å². The summed E-state index contributed by atoms with van der Waals surface area (Å²) in [5.41, 5.74) is 5.33. The molecule has 0 saturated carbocycles. The molecule has 0 aliphatic heterocycles. The van der Waals surface area contributed by atoms with Crippen molar-refractivity contribution in [2.75, 3.05) is 14.2 Å². The molecule has 4 nitrogen and oxygen atoms in total. The predicted molar refractivity (Wildman–Crippen MR) is 110 cm³/mol. The number of ether oxygens (including phenoxy) is 2. The molecule has 0 aliphatic carbocycles. The fraction of sp³-hybridized carbons (Fsp3) is 0.300. The summed E-state index contributed by atoms with van der Waals surface area (Å²) in [6, 6.07) is 11.3. The zero-order valence-corrected chi connectivity index (χ0v) is 18.6. The molecule has 0 radical (unpaired) electrons. The third kappa shape index (κ3) is 6.25. The lowest BCUT2D eigenvalue weighted by atomic mass is 10.1. The summed E-state index contributed by atoms with van der Waals surface area (Å²) in [4.78, 5) is 22.5. The summed E-state index contributed by atoms with van der Waals surface area (Å²) in [6.45, 7) is 5.88. The lowest BCUT2D eigenvalue weighted by Gasteiger charge is -2.09. The first-order valence-corrected chi connectivity index (χ1v) is 9.67. The van der Waals surface area contributed by atoms with E-state index in [4.69, 9.17) is 0 Å². The third-order valence-corrected chi connectivity index (χ3v) is 4.62. The van der Waals surface area contributed by atoms with Gasteiger partial charge in [-0.25, -0.2) is 9.59 Å². The van der Waals surface area contributed by atoms with Crippen LogP contribution in [-0.4, -0.2) is 26.2 Å². The van der Waals surface area contributed by atoms with Gasteiger partial charge in [0.1, 0.15) is 0 Å². The highest BCUT2D eigenvalue weighted by Gasteiger charge is 2.15. The van der Waals surface area contributed by atoms with Crippen molar-refractivity contribution < 1.29 is 19.1 Å². The van der Waals surface area contributed by atoms with E-state index in [0.717, 1.165) is 22.3 Å². The van der Waals surface area contributed by atoms with E-state index < -0.39 is 0 Å². The highest BCUT2D eigenvalue weighted by molar-refractivity contribution is 9.24. The van der Waals surface area contributed by atoms with Crippen LogP contribution >= 0.6 is 31.9 Å². The van der Waals surface area contributed by atoms with Gasteiger partial charge in [-0.2, -0.15) is 0 Å². The first kappa shape index (κ1) is 22.4. The van der Waals surface area contributed by atoms with Crippen LogP contribution in [0.4, 0.5) is 0 Å². The van der Waals surface area contributed by atoms with E-state index >= 15 is 0 Å². The molecule has 140 valence electrons. The minimum atomic E-state index is -0.316. The SMILES string of the molecule is COC(=O)c1ccc(C)cc1C.COC(=O)c1ccc(C)cc1C(Br)Br. The number of rotatable bonds is 3. The molecule has 0 saturated heterocycles. The average Bonchev–Trinajstić information content (AvgIpc) is 2.60. The Balaban J connectivity index is 0.000000263. The number of halogens is 2. The van der Waals surface area contributed by atoms with E-state index in [2.05, 4.69) is 41.3 Å². The van der Waals surface area contributed by atoms with Gasteiger partial charge < -0.3 is 9.47 Å². The lowest BCUT2D eigenvalue weighted by molar-refractivity contribution is 0.0591. The molecular weight excluding hydrogens is 464 g/mol. The number of methoxy groups -OCH3 is 2. The van der Waals surface area contributed by atoms with Crippen LogP contribution in [0.3, 0.4) is 0 Å². The van der Waals surface area contributed by atoms with Crippen LogP contribution in [0.25, 0.3) is 0 Å². The van der Waals surface area contributed by atoms with E-state index in [-0.39, 0.29) is 15.7 Å². The molecule has 0 unspecified atom stereocenters. The number of carbonyl (C=O) groups is 2. The Morgan fingerprint density at radius 1 is 0.808 bits per heavy atom. The topological polar surface area (TPSA) is 52.6 Å². The van der Waals surface area contributed by atoms with Gasteiger partial charge in [-0.15, -0.1) is 0 Å². The summed E-state index contributed by atoms with van der Waals surface area (Å²) in [5.74, 6) is -0.587. The summed E-state index contributed by atoms with van der Waals surface area (Å²) in [5, 5.41) is 0. The minimum absolute atomic E-state index is 0.0380. The standard InChI is InChI=1S/C10H10Br2O2.C10H12O2/c1-6-3-4-7(10(13)14-2)8(5-6)9(11)12;1-7-4-5-9(8(2)6-7)10(11)12-3/h3-5,9H,1-2H3;4-6H,1-3H3. The Hall–Kier alpha value is -1.66. The first-order valence-electron chi connectivity index (χ1n) is 7.83. The molecule has 0 spiro atoms. The van der Waals surface area contributed by atoms with Crippen LogP contribution in [0.15, 0.2) is 36.4 Å². The maximum Gasteiger partial charge on any atom is 0.338 e. The molecule has 0 fully saturated rings. The highest BCUT2D eigenvalue weighted by atomic mass is 79.9. The van der Waals surface area contributed by atoms with Gasteiger partial charge >= 0.3 is 11.9 Å². The van der Waals surface area contributed by atoms with Crippen molar-refractivity contribution in [2.24, 2.45) is 0 Å². The van der Waals surface area contributed by atoms with Crippen LogP contribution in [-0.2, 0) is 9.47 Å². The Labute approximate surface area is 171 Å². The number of carbonyl (C=O) groups excluding carboxylic acids is 2. The van der Waals surface area contributed by atoms with Crippen molar-refractivity contribution >= 4 is 43.8 Å². The maximum absolute atomic E-state index is 11.4. The van der Waals surface area contributed by atoms with Gasteiger partial charge in [0.05, 0.1) is 29.1 Å². The van der Waals surface area contributed by atoms with Crippen LogP contribution in [0.2, 0.25) is 0 Å². The van der Waals surface area contributed by atoms with Crippen molar-refractivity contribution in [2.45, 2.75) is 24.5 Å². The molecule has 26 heavy (non-hydrogen) atoms. The van der Waals surface area contributed by atoms with Gasteiger partial charge in [0.15, 0.2) is 0 Å². The molecule has 2 aromatic rings. The molecule has 0 bridgehead atoms. The molecule has 0 aromatic heterocycles. The zero-order valence-electron chi connectivity index (χ0n) is 15.4. The second-order valence-electron chi connectivity index (χ2n) is 5.69. The first-order chi connectivity index (χ1) is 12.2. The quantitative estimate of drug-likeness (QED) is 0.415. The number of alkyl halides is 2. The summed E-state index contributed by atoms with van der Waals surface area (Å²) < 4.78 is 9.27. The summed E-state index contributed by atoms with van der Waals surface area (Å²) in [6.07, 6.45) is 0. The van der Waals surface area contributed by atoms with E-state index in [1.165, 1.54) is 14.2 Å². The van der Waals surface area contributed by atoms with Crippen LogP contribution in [0, 0.1) is 20.8 Å². The fourth-order valence-corrected chi connectivity index (χ4v) is 3.07. The van der Waals surface area contributed by atoms with Gasteiger partial charge in [-0.3, -0.25) is 0 Å². The second kappa shape index (κ2) is 10.5. The smallest absolute Gasteiger partial charge is 0.338 e. The number of hydrogen-bond donors (Lipinski definition) is 0. The molecule has 2 aromatic carbocycles. The van der Waals surface area contributed by atoms with Gasteiger partial charge in [0.25, 0.3) is 0 Å². The van der Waals surface area contributed by atoms with Gasteiger partial charge in [-0.1, -0.05) is 67.3 Å². The van der Waals surface area contributed by atoms with Gasteiger partial charge in [0.2, 0.25) is 0 Å². The molecule has 6 heteroatoms. The van der Waals surface area contributed by atoms with E-state index in [1.54, 1.807) is 12.1 Å². The molecule has 2 rings (SSSR count). The molecule has 0 amide bonds. The zero-order chi connectivity index (χ0) is 19.9.